The fourth-order valence-electron chi connectivity index (χ4n) is 1.82. The molecule has 1 aromatic rings. The molecule has 0 aliphatic carbocycles. The van der Waals surface area contributed by atoms with Crippen LogP contribution in [0.3, 0.4) is 0 Å². The van der Waals surface area contributed by atoms with Gasteiger partial charge < -0.3 is 15.7 Å². The van der Waals surface area contributed by atoms with Crippen LogP contribution >= 0.6 is 0 Å². The smallest absolute Gasteiger partial charge is 0.335 e. The van der Waals surface area contributed by atoms with Gasteiger partial charge in [-0.05, 0) is 30.7 Å². The molecule has 5 heteroatoms. The molecule has 0 aliphatic rings. The summed E-state index contributed by atoms with van der Waals surface area (Å²) in [5.41, 5.74) is 1.18. The Morgan fingerprint density at radius 3 is 2.75 bits per heavy atom. The van der Waals surface area contributed by atoms with E-state index in [1.54, 1.807) is 18.2 Å². The maximum absolute atomic E-state index is 11.8. The molecule has 1 rings (SSSR count). The zero-order valence-electron chi connectivity index (χ0n) is 12.0. The van der Waals surface area contributed by atoms with E-state index in [2.05, 4.69) is 10.6 Å². The summed E-state index contributed by atoms with van der Waals surface area (Å²) in [4.78, 5) is 22.6. The van der Waals surface area contributed by atoms with Gasteiger partial charge in [-0.15, -0.1) is 0 Å². The van der Waals surface area contributed by atoms with Crippen molar-refractivity contribution in [1.29, 1.82) is 0 Å². The predicted octanol–water partition coefficient (Wildman–Crippen LogP) is 1.29. The first-order valence-corrected chi connectivity index (χ1v) is 6.85. The van der Waals surface area contributed by atoms with Crippen LogP contribution in [0.2, 0.25) is 0 Å². The fraction of sp³-hybridized carbons (Fsp3) is 0.467. The Kier molecular flexibility index (Phi) is 6.73. The number of aromatic carboxylic acids is 1. The van der Waals surface area contributed by atoms with Gasteiger partial charge in [-0.25, -0.2) is 4.79 Å². The number of rotatable bonds is 8. The summed E-state index contributed by atoms with van der Waals surface area (Å²) >= 11 is 0. The van der Waals surface area contributed by atoms with Crippen LogP contribution in [0.1, 0.15) is 29.8 Å². The van der Waals surface area contributed by atoms with Gasteiger partial charge in [0.2, 0.25) is 5.91 Å². The zero-order valence-corrected chi connectivity index (χ0v) is 12.0. The topological polar surface area (TPSA) is 78.4 Å². The molecular weight excluding hydrogens is 256 g/mol. The maximum Gasteiger partial charge on any atom is 0.335 e. The Labute approximate surface area is 119 Å². The minimum absolute atomic E-state index is 0.0142. The zero-order chi connectivity index (χ0) is 15.0. The highest BCUT2D eigenvalue weighted by Crippen LogP contribution is 2.05. The van der Waals surface area contributed by atoms with Crippen molar-refractivity contribution < 1.29 is 14.7 Å². The summed E-state index contributed by atoms with van der Waals surface area (Å²) < 4.78 is 0. The van der Waals surface area contributed by atoms with E-state index in [1.165, 1.54) is 0 Å². The molecule has 0 aliphatic heterocycles. The van der Waals surface area contributed by atoms with Crippen LogP contribution in [-0.2, 0) is 11.2 Å². The summed E-state index contributed by atoms with van der Waals surface area (Å²) in [7, 11) is 0. The van der Waals surface area contributed by atoms with E-state index < -0.39 is 5.97 Å². The average Bonchev–Trinajstić information content (AvgIpc) is 2.44. The van der Waals surface area contributed by atoms with Gasteiger partial charge >= 0.3 is 5.97 Å². The third-order valence-electron chi connectivity index (χ3n) is 3.03. The van der Waals surface area contributed by atoms with Crippen molar-refractivity contribution in [3.8, 4) is 0 Å². The average molecular weight is 278 g/mol. The van der Waals surface area contributed by atoms with E-state index in [-0.39, 0.29) is 17.4 Å². The second-order valence-corrected chi connectivity index (χ2v) is 4.76. The van der Waals surface area contributed by atoms with Gasteiger partial charge in [-0.2, -0.15) is 0 Å². The van der Waals surface area contributed by atoms with Crippen molar-refractivity contribution in [2.75, 3.05) is 19.6 Å². The second kappa shape index (κ2) is 8.32. The van der Waals surface area contributed by atoms with Crippen molar-refractivity contribution in [3.05, 3.63) is 35.4 Å². The first kappa shape index (κ1) is 16.2. The van der Waals surface area contributed by atoms with Crippen LogP contribution in [0.25, 0.3) is 0 Å². The number of carboxylic acids is 1. The van der Waals surface area contributed by atoms with E-state index in [1.807, 2.05) is 19.9 Å². The normalized spacial score (nSPS) is 11.9. The molecule has 1 atom stereocenters. The predicted molar refractivity (Wildman–Crippen MR) is 77.8 cm³/mol. The van der Waals surface area contributed by atoms with E-state index in [0.29, 0.717) is 19.5 Å². The summed E-state index contributed by atoms with van der Waals surface area (Å²) in [6, 6.07) is 6.77. The highest BCUT2D eigenvalue weighted by atomic mass is 16.4. The van der Waals surface area contributed by atoms with E-state index in [0.717, 1.165) is 12.1 Å². The Hall–Kier alpha value is -1.88. The number of carboxylic acid groups (broad SMARTS) is 1. The molecule has 0 heterocycles. The molecule has 3 N–H and O–H groups in total. The Morgan fingerprint density at radius 1 is 1.35 bits per heavy atom. The van der Waals surface area contributed by atoms with Gasteiger partial charge in [0.15, 0.2) is 0 Å². The quantitative estimate of drug-likeness (QED) is 0.669. The standard InChI is InChI=1S/C15H22N2O3/c1-3-16-10-11(2)14(18)17-8-7-12-5-4-6-13(9-12)15(19)20/h4-6,9,11,16H,3,7-8,10H2,1-2H3,(H,17,18)(H,19,20). The molecule has 1 aromatic carbocycles. The fourth-order valence-corrected chi connectivity index (χ4v) is 1.82. The van der Waals surface area contributed by atoms with Crippen molar-refractivity contribution in [2.24, 2.45) is 5.92 Å². The monoisotopic (exact) mass is 278 g/mol. The molecule has 1 amide bonds. The maximum atomic E-state index is 11.8. The first-order chi connectivity index (χ1) is 9.54. The Morgan fingerprint density at radius 2 is 2.10 bits per heavy atom. The van der Waals surface area contributed by atoms with Crippen molar-refractivity contribution in [1.82, 2.24) is 10.6 Å². The van der Waals surface area contributed by atoms with Crippen LogP contribution < -0.4 is 10.6 Å². The minimum atomic E-state index is -0.935. The molecule has 0 saturated heterocycles. The lowest BCUT2D eigenvalue weighted by Crippen LogP contribution is -2.36. The second-order valence-electron chi connectivity index (χ2n) is 4.76. The third kappa shape index (κ3) is 5.40. The van der Waals surface area contributed by atoms with Gasteiger partial charge in [-0.1, -0.05) is 26.0 Å². The lowest BCUT2D eigenvalue weighted by atomic mass is 10.1. The van der Waals surface area contributed by atoms with Gasteiger partial charge in [0.05, 0.1) is 5.56 Å². The highest BCUT2D eigenvalue weighted by Gasteiger charge is 2.11. The minimum Gasteiger partial charge on any atom is -0.478 e. The van der Waals surface area contributed by atoms with Crippen molar-refractivity contribution >= 4 is 11.9 Å². The SMILES string of the molecule is CCNCC(C)C(=O)NCCc1cccc(C(=O)O)c1. The molecule has 20 heavy (non-hydrogen) atoms. The molecule has 0 spiro atoms. The van der Waals surface area contributed by atoms with E-state index in [4.69, 9.17) is 5.11 Å². The molecule has 5 nitrogen and oxygen atoms in total. The highest BCUT2D eigenvalue weighted by molar-refractivity contribution is 5.87. The number of carbonyl (C=O) groups is 2. The third-order valence-corrected chi connectivity index (χ3v) is 3.03. The van der Waals surface area contributed by atoms with E-state index >= 15 is 0 Å². The number of amides is 1. The first-order valence-electron chi connectivity index (χ1n) is 6.85. The molecular formula is C15H22N2O3. The molecule has 1 unspecified atom stereocenters. The number of hydrogen-bond acceptors (Lipinski definition) is 3. The van der Waals surface area contributed by atoms with Crippen LogP contribution in [0.15, 0.2) is 24.3 Å². The van der Waals surface area contributed by atoms with Crippen molar-refractivity contribution in [2.45, 2.75) is 20.3 Å². The number of benzene rings is 1. The molecule has 0 saturated carbocycles. The van der Waals surface area contributed by atoms with Crippen LogP contribution in [0.4, 0.5) is 0 Å². The van der Waals surface area contributed by atoms with Gasteiger partial charge in [0, 0.05) is 19.0 Å². The van der Waals surface area contributed by atoms with Gasteiger partial charge in [0.1, 0.15) is 0 Å². The Balaban J connectivity index is 2.38. The molecule has 0 fully saturated rings. The molecule has 0 bridgehead atoms. The molecule has 0 radical (unpaired) electrons. The van der Waals surface area contributed by atoms with Crippen LogP contribution in [-0.4, -0.2) is 36.6 Å². The molecule has 110 valence electrons. The lowest BCUT2D eigenvalue weighted by Gasteiger charge is -2.12. The summed E-state index contributed by atoms with van der Waals surface area (Å²) in [6.07, 6.45) is 0.626. The number of hydrogen-bond donors (Lipinski definition) is 3. The summed E-state index contributed by atoms with van der Waals surface area (Å²) in [6.45, 7) is 5.90. The van der Waals surface area contributed by atoms with Gasteiger partial charge in [-0.3, -0.25) is 4.79 Å². The summed E-state index contributed by atoms with van der Waals surface area (Å²) in [5, 5.41) is 14.9. The number of nitrogens with one attached hydrogen (secondary N) is 2. The van der Waals surface area contributed by atoms with Crippen molar-refractivity contribution in [3.63, 3.8) is 0 Å². The number of carbonyl (C=O) groups excluding carboxylic acids is 1. The van der Waals surface area contributed by atoms with E-state index in [9.17, 15) is 9.59 Å². The molecule has 0 aromatic heterocycles. The summed E-state index contributed by atoms with van der Waals surface area (Å²) in [5.74, 6) is -0.990. The van der Waals surface area contributed by atoms with Crippen LogP contribution in [0.5, 0.6) is 0 Å². The Bertz CT molecular complexity index is 460. The van der Waals surface area contributed by atoms with Crippen LogP contribution in [0, 0.1) is 5.92 Å². The van der Waals surface area contributed by atoms with Gasteiger partial charge in [0.25, 0.3) is 0 Å². The lowest BCUT2D eigenvalue weighted by molar-refractivity contribution is -0.124. The largest absolute Gasteiger partial charge is 0.478 e.